The first-order valence-electron chi connectivity index (χ1n) is 9.52. The molecule has 1 aromatic heterocycles. The third-order valence-electron chi connectivity index (χ3n) is 4.76. The first-order valence-corrected chi connectivity index (χ1v) is 9.52. The summed E-state index contributed by atoms with van der Waals surface area (Å²) in [6.45, 7) is 6.83. The number of hydrogen-bond acceptors (Lipinski definition) is 3. The number of fused-ring (bicyclic) bond motifs is 1. The minimum Gasteiger partial charge on any atom is -0.478 e. The van der Waals surface area contributed by atoms with Gasteiger partial charge in [0.25, 0.3) is 0 Å². The molecule has 4 heteroatoms. The molecular weight excluding hydrogens is 348 g/mol. The lowest BCUT2D eigenvalue weighted by Crippen LogP contribution is -2.10. The number of carboxylic acid groups (broad SMARTS) is 1. The SMILES string of the molecule is Cc1ccc(-c2c(CN)c(CC(C)C)nc3ccc(C=CC(=O)O)cc23)cc1. The van der Waals surface area contributed by atoms with Crippen LogP contribution in [0.15, 0.2) is 48.5 Å². The number of aryl methyl sites for hydroxylation is 1. The van der Waals surface area contributed by atoms with Gasteiger partial charge in [0, 0.05) is 23.7 Å². The molecule has 0 aliphatic carbocycles. The van der Waals surface area contributed by atoms with E-state index in [1.165, 1.54) is 5.56 Å². The lowest BCUT2D eigenvalue weighted by atomic mass is 9.90. The third-order valence-corrected chi connectivity index (χ3v) is 4.76. The van der Waals surface area contributed by atoms with Crippen molar-refractivity contribution in [2.45, 2.75) is 33.7 Å². The second-order valence-corrected chi connectivity index (χ2v) is 7.53. The summed E-state index contributed by atoms with van der Waals surface area (Å²) in [5, 5.41) is 9.92. The molecule has 3 N–H and O–H groups in total. The molecule has 0 radical (unpaired) electrons. The number of aromatic nitrogens is 1. The van der Waals surface area contributed by atoms with Crippen molar-refractivity contribution in [3.63, 3.8) is 0 Å². The summed E-state index contributed by atoms with van der Waals surface area (Å²) in [5.41, 5.74) is 13.4. The van der Waals surface area contributed by atoms with Gasteiger partial charge in [0.2, 0.25) is 0 Å². The molecule has 2 aromatic carbocycles. The minimum atomic E-state index is -0.966. The van der Waals surface area contributed by atoms with Crippen LogP contribution in [0.25, 0.3) is 28.1 Å². The van der Waals surface area contributed by atoms with Crippen LogP contribution in [0, 0.1) is 12.8 Å². The number of nitrogens with zero attached hydrogens (tertiary/aromatic N) is 1. The van der Waals surface area contributed by atoms with Crippen LogP contribution >= 0.6 is 0 Å². The molecule has 0 amide bonds. The zero-order valence-electron chi connectivity index (χ0n) is 16.6. The van der Waals surface area contributed by atoms with Gasteiger partial charge < -0.3 is 10.8 Å². The van der Waals surface area contributed by atoms with Crippen LogP contribution in [0.4, 0.5) is 0 Å². The first-order chi connectivity index (χ1) is 13.4. The maximum atomic E-state index is 10.9. The molecule has 3 aromatic rings. The van der Waals surface area contributed by atoms with Gasteiger partial charge in [-0.05, 0) is 59.7 Å². The summed E-state index contributed by atoms with van der Waals surface area (Å²) in [7, 11) is 0. The fourth-order valence-corrected chi connectivity index (χ4v) is 3.47. The monoisotopic (exact) mass is 374 g/mol. The topological polar surface area (TPSA) is 76.2 Å². The van der Waals surface area contributed by atoms with E-state index in [1.54, 1.807) is 6.08 Å². The van der Waals surface area contributed by atoms with Crippen LogP contribution in [0.1, 0.15) is 36.2 Å². The molecular formula is C24H26N2O2. The molecule has 4 nitrogen and oxygen atoms in total. The van der Waals surface area contributed by atoms with Gasteiger partial charge in [-0.15, -0.1) is 0 Å². The van der Waals surface area contributed by atoms with Gasteiger partial charge in [-0.1, -0.05) is 49.7 Å². The molecule has 3 rings (SSSR count). The number of aliphatic carboxylic acids is 1. The molecule has 0 fully saturated rings. The van der Waals surface area contributed by atoms with E-state index < -0.39 is 5.97 Å². The van der Waals surface area contributed by atoms with E-state index in [-0.39, 0.29) is 0 Å². The highest BCUT2D eigenvalue weighted by molar-refractivity contribution is 5.98. The van der Waals surface area contributed by atoms with Gasteiger partial charge in [0.15, 0.2) is 0 Å². The number of carboxylic acids is 1. The standard InChI is InChI=1S/C24H26N2O2/c1-15(2)12-22-20(14-25)24(18-8-4-16(3)5-9-18)19-13-17(7-11-23(27)28)6-10-21(19)26-22/h4-11,13,15H,12,14,25H2,1-3H3,(H,27,28). The zero-order valence-corrected chi connectivity index (χ0v) is 16.6. The van der Waals surface area contributed by atoms with Gasteiger partial charge in [0.05, 0.1) is 5.52 Å². The molecule has 0 aliphatic rings. The van der Waals surface area contributed by atoms with Crippen molar-refractivity contribution in [3.05, 3.63) is 70.9 Å². The molecule has 0 atom stereocenters. The number of hydrogen-bond donors (Lipinski definition) is 2. The Hall–Kier alpha value is -2.98. The average molecular weight is 374 g/mol. The van der Waals surface area contributed by atoms with E-state index in [9.17, 15) is 4.79 Å². The van der Waals surface area contributed by atoms with E-state index in [2.05, 4.69) is 45.0 Å². The lowest BCUT2D eigenvalue weighted by molar-refractivity contribution is -0.131. The summed E-state index contributed by atoms with van der Waals surface area (Å²) in [4.78, 5) is 15.8. The fourth-order valence-electron chi connectivity index (χ4n) is 3.47. The molecule has 0 spiro atoms. The Balaban J connectivity index is 2.32. The Labute approximate surface area is 165 Å². The van der Waals surface area contributed by atoms with Crippen molar-refractivity contribution in [2.75, 3.05) is 0 Å². The molecule has 0 bridgehead atoms. The van der Waals surface area contributed by atoms with Crippen molar-refractivity contribution in [2.24, 2.45) is 11.7 Å². The molecule has 0 aliphatic heterocycles. The van der Waals surface area contributed by atoms with Crippen LogP contribution < -0.4 is 5.73 Å². The zero-order chi connectivity index (χ0) is 20.3. The lowest BCUT2D eigenvalue weighted by Gasteiger charge is -2.18. The Morgan fingerprint density at radius 1 is 1.18 bits per heavy atom. The highest BCUT2D eigenvalue weighted by atomic mass is 16.4. The minimum absolute atomic E-state index is 0.406. The van der Waals surface area contributed by atoms with Gasteiger partial charge in [-0.25, -0.2) is 4.79 Å². The van der Waals surface area contributed by atoms with E-state index in [4.69, 9.17) is 15.8 Å². The molecule has 1 heterocycles. The molecule has 0 saturated heterocycles. The van der Waals surface area contributed by atoms with Crippen molar-refractivity contribution < 1.29 is 9.90 Å². The summed E-state index contributed by atoms with van der Waals surface area (Å²) in [6.07, 6.45) is 3.62. The third kappa shape index (κ3) is 4.29. The summed E-state index contributed by atoms with van der Waals surface area (Å²) < 4.78 is 0. The van der Waals surface area contributed by atoms with Crippen molar-refractivity contribution in [1.29, 1.82) is 0 Å². The smallest absolute Gasteiger partial charge is 0.328 e. The maximum Gasteiger partial charge on any atom is 0.328 e. The highest BCUT2D eigenvalue weighted by Crippen LogP contribution is 2.34. The Bertz CT molecular complexity index is 1030. The quantitative estimate of drug-likeness (QED) is 0.598. The van der Waals surface area contributed by atoms with Crippen LogP contribution in [-0.2, 0) is 17.8 Å². The van der Waals surface area contributed by atoms with Crippen molar-refractivity contribution >= 4 is 22.9 Å². The van der Waals surface area contributed by atoms with Crippen LogP contribution in [-0.4, -0.2) is 16.1 Å². The summed E-state index contributed by atoms with van der Waals surface area (Å²) in [5.74, 6) is -0.495. The largest absolute Gasteiger partial charge is 0.478 e. The van der Waals surface area contributed by atoms with E-state index in [0.717, 1.165) is 51.3 Å². The van der Waals surface area contributed by atoms with Crippen molar-refractivity contribution in [1.82, 2.24) is 4.98 Å². The predicted octanol–water partition coefficient (Wildman–Crippen LogP) is 4.97. The fraction of sp³-hybridized carbons (Fsp3) is 0.250. The van der Waals surface area contributed by atoms with E-state index >= 15 is 0 Å². The van der Waals surface area contributed by atoms with Gasteiger partial charge in [-0.2, -0.15) is 0 Å². The van der Waals surface area contributed by atoms with Crippen LogP contribution in [0.5, 0.6) is 0 Å². The van der Waals surface area contributed by atoms with E-state index in [0.29, 0.717) is 12.5 Å². The molecule has 0 unspecified atom stereocenters. The van der Waals surface area contributed by atoms with Crippen LogP contribution in [0.2, 0.25) is 0 Å². The second-order valence-electron chi connectivity index (χ2n) is 7.53. The first kappa shape index (κ1) is 19.8. The maximum absolute atomic E-state index is 10.9. The Morgan fingerprint density at radius 2 is 1.89 bits per heavy atom. The van der Waals surface area contributed by atoms with Gasteiger partial charge in [0.1, 0.15) is 0 Å². The van der Waals surface area contributed by atoms with E-state index in [1.807, 2.05) is 18.2 Å². The summed E-state index contributed by atoms with van der Waals surface area (Å²) >= 11 is 0. The van der Waals surface area contributed by atoms with Crippen LogP contribution in [0.3, 0.4) is 0 Å². The normalized spacial score (nSPS) is 11.6. The van der Waals surface area contributed by atoms with Crippen molar-refractivity contribution in [3.8, 4) is 11.1 Å². The van der Waals surface area contributed by atoms with Gasteiger partial charge in [-0.3, -0.25) is 4.98 Å². The number of pyridine rings is 1. The van der Waals surface area contributed by atoms with Gasteiger partial charge >= 0.3 is 5.97 Å². The Morgan fingerprint density at radius 3 is 2.50 bits per heavy atom. The number of rotatable bonds is 6. The Kier molecular flexibility index (Phi) is 5.90. The number of nitrogens with two attached hydrogens (primary N) is 1. The predicted molar refractivity (Wildman–Crippen MR) is 115 cm³/mol. The summed E-state index contributed by atoms with van der Waals surface area (Å²) in [6, 6.07) is 14.3. The number of benzene rings is 2. The number of carbonyl (C=O) groups is 1. The molecule has 144 valence electrons. The second kappa shape index (κ2) is 8.36. The highest BCUT2D eigenvalue weighted by Gasteiger charge is 2.17. The molecule has 0 saturated carbocycles. The molecule has 28 heavy (non-hydrogen) atoms. The average Bonchev–Trinajstić information content (AvgIpc) is 2.65.